The Bertz CT molecular complexity index is 401. The Morgan fingerprint density at radius 1 is 1.53 bits per heavy atom. The quantitative estimate of drug-likeness (QED) is 0.654. The van der Waals surface area contributed by atoms with Gasteiger partial charge in [0.15, 0.2) is 0 Å². The Morgan fingerprint density at radius 2 is 2.24 bits per heavy atom. The minimum absolute atomic E-state index is 0.195. The van der Waals surface area contributed by atoms with Crippen LogP contribution in [0.5, 0.6) is 0 Å². The Balaban J connectivity index is 2.44. The fraction of sp³-hybridized carbons (Fsp3) is 0.545. The largest absolute Gasteiger partial charge is 0.459 e. The maximum atomic E-state index is 11.2. The number of carbonyl (C=O) groups excluding carboxylic acids is 2. The lowest BCUT2D eigenvalue weighted by molar-refractivity contribution is -0.154. The summed E-state index contributed by atoms with van der Waals surface area (Å²) in [4.78, 5) is 26.6. The van der Waals surface area contributed by atoms with E-state index in [1.165, 1.54) is 11.3 Å². The molecule has 1 heterocycles. The van der Waals surface area contributed by atoms with Crippen molar-refractivity contribution >= 4 is 23.2 Å². The van der Waals surface area contributed by atoms with Gasteiger partial charge >= 0.3 is 11.9 Å². The predicted octanol–water partition coefficient (Wildman–Crippen LogP) is 1.45. The van der Waals surface area contributed by atoms with Crippen molar-refractivity contribution in [2.45, 2.75) is 33.2 Å². The summed E-state index contributed by atoms with van der Waals surface area (Å²) in [6.07, 6.45) is 0. The second-order valence-electron chi connectivity index (χ2n) is 3.72. The van der Waals surface area contributed by atoms with Gasteiger partial charge < -0.3 is 10.1 Å². The van der Waals surface area contributed by atoms with Gasteiger partial charge in [-0.2, -0.15) is 0 Å². The maximum absolute atomic E-state index is 11.2. The van der Waals surface area contributed by atoms with Crippen molar-refractivity contribution < 1.29 is 14.3 Å². The topological polar surface area (TPSA) is 68.3 Å². The summed E-state index contributed by atoms with van der Waals surface area (Å²) >= 11 is 1.47. The highest BCUT2D eigenvalue weighted by atomic mass is 32.1. The molecule has 0 aliphatic heterocycles. The number of amides is 1. The first-order chi connectivity index (χ1) is 8.04. The summed E-state index contributed by atoms with van der Waals surface area (Å²) in [5, 5.41) is 5.21. The molecule has 0 fully saturated rings. The van der Waals surface area contributed by atoms with E-state index in [1.807, 2.05) is 5.38 Å². The number of nitrogens with one attached hydrogen (secondary N) is 1. The van der Waals surface area contributed by atoms with Crippen molar-refractivity contribution in [3.05, 3.63) is 16.1 Å². The molecule has 0 radical (unpaired) electrons. The van der Waals surface area contributed by atoms with E-state index < -0.39 is 11.9 Å². The Labute approximate surface area is 104 Å². The highest BCUT2D eigenvalue weighted by Gasteiger charge is 2.14. The molecule has 0 saturated carbocycles. The van der Waals surface area contributed by atoms with E-state index >= 15 is 0 Å². The first-order valence-electron chi connectivity index (χ1n) is 5.43. The molecule has 0 aromatic carbocycles. The van der Waals surface area contributed by atoms with Gasteiger partial charge in [0.1, 0.15) is 5.01 Å². The molecule has 0 saturated heterocycles. The predicted molar refractivity (Wildman–Crippen MR) is 64.7 cm³/mol. The van der Waals surface area contributed by atoms with Crippen LogP contribution < -0.4 is 5.32 Å². The van der Waals surface area contributed by atoms with Gasteiger partial charge in [-0.15, -0.1) is 11.3 Å². The molecule has 0 bridgehead atoms. The van der Waals surface area contributed by atoms with Crippen LogP contribution in [0.3, 0.4) is 0 Å². The Hall–Kier alpha value is -1.43. The Morgan fingerprint density at radius 3 is 2.76 bits per heavy atom. The SMILES string of the molecule is CCOC(=O)C(=O)NCc1nc(C(C)C)cs1. The molecule has 1 aromatic heterocycles. The smallest absolute Gasteiger partial charge is 0.396 e. The van der Waals surface area contributed by atoms with Crippen molar-refractivity contribution in [1.82, 2.24) is 10.3 Å². The monoisotopic (exact) mass is 256 g/mol. The van der Waals surface area contributed by atoms with Gasteiger partial charge in [-0.05, 0) is 12.8 Å². The van der Waals surface area contributed by atoms with E-state index in [4.69, 9.17) is 0 Å². The van der Waals surface area contributed by atoms with Gasteiger partial charge in [0.2, 0.25) is 0 Å². The minimum atomic E-state index is -0.854. The minimum Gasteiger partial charge on any atom is -0.459 e. The van der Waals surface area contributed by atoms with Crippen LogP contribution in [0.2, 0.25) is 0 Å². The van der Waals surface area contributed by atoms with Crippen LogP contribution in [0.15, 0.2) is 5.38 Å². The molecule has 17 heavy (non-hydrogen) atoms. The molecular formula is C11H16N2O3S. The van der Waals surface area contributed by atoms with Crippen LogP contribution >= 0.6 is 11.3 Å². The van der Waals surface area contributed by atoms with Gasteiger partial charge in [-0.1, -0.05) is 13.8 Å². The number of thiazole rings is 1. The molecule has 1 amide bonds. The average molecular weight is 256 g/mol. The zero-order chi connectivity index (χ0) is 12.8. The van der Waals surface area contributed by atoms with Crippen molar-refractivity contribution in [3.63, 3.8) is 0 Å². The number of aromatic nitrogens is 1. The summed E-state index contributed by atoms with van der Waals surface area (Å²) < 4.78 is 4.57. The molecule has 0 aliphatic rings. The van der Waals surface area contributed by atoms with Crippen LogP contribution in [0.1, 0.15) is 37.4 Å². The number of nitrogens with zero attached hydrogens (tertiary/aromatic N) is 1. The normalized spacial score (nSPS) is 10.4. The fourth-order valence-electron chi connectivity index (χ4n) is 1.10. The molecule has 1 N–H and O–H groups in total. The summed E-state index contributed by atoms with van der Waals surface area (Å²) in [6, 6.07) is 0. The number of hydrogen-bond acceptors (Lipinski definition) is 5. The van der Waals surface area contributed by atoms with E-state index in [2.05, 4.69) is 28.9 Å². The summed E-state index contributed by atoms with van der Waals surface area (Å²) in [7, 11) is 0. The lowest BCUT2D eigenvalue weighted by atomic mass is 10.2. The van der Waals surface area contributed by atoms with Crippen LogP contribution in [0.25, 0.3) is 0 Å². The number of hydrogen-bond donors (Lipinski definition) is 1. The molecule has 6 heteroatoms. The van der Waals surface area contributed by atoms with Crippen LogP contribution in [-0.4, -0.2) is 23.5 Å². The lowest BCUT2D eigenvalue weighted by Gasteiger charge is -2.02. The number of carbonyl (C=O) groups is 2. The van der Waals surface area contributed by atoms with E-state index in [-0.39, 0.29) is 13.2 Å². The lowest BCUT2D eigenvalue weighted by Crippen LogP contribution is -2.32. The zero-order valence-electron chi connectivity index (χ0n) is 10.1. The average Bonchev–Trinajstić information content (AvgIpc) is 2.75. The fourth-order valence-corrected chi connectivity index (χ4v) is 1.99. The molecule has 0 atom stereocenters. The van der Waals surface area contributed by atoms with Gasteiger partial charge in [0.25, 0.3) is 0 Å². The maximum Gasteiger partial charge on any atom is 0.396 e. The van der Waals surface area contributed by atoms with Crippen molar-refractivity contribution in [1.29, 1.82) is 0 Å². The molecule has 5 nitrogen and oxygen atoms in total. The summed E-state index contributed by atoms with van der Waals surface area (Å²) in [6.45, 7) is 6.21. The van der Waals surface area contributed by atoms with E-state index in [1.54, 1.807) is 6.92 Å². The van der Waals surface area contributed by atoms with Crippen molar-refractivity contribution in [3.8, 4) is 0 Å². The van der Waals surface area contributed by atoms with Crippen molar-refractivity contribution in [2.24, 2.45) is 0 Å². The number of esters is 1. The van der Waals surface area contributed by atoms with E-state index in [9.17, 15) is 9.59 Å². The van der Waals surface area contributed by atoms with Gasteiger partial charge in [-0.3, -0.25) is 4.79 Å². The molecule has 0 spiro atoms. The second-order valence-corrected chi connectivity index (χ2v) is 4.67. The third-order valence-corrected chi connectivity index (χ3v) is 2.89. The van der Waals surface area contributed by atoms with E-state index in [0.29, 0.717) is 5.92 Å². The summed E-state index contributed by atoms with van der Waals surface area (Å²) in [5.74, 6) is -1.22. The first kappa shape index (κ1) is 13.6. The van der Waals surface area contributed by atoms with Gasteiger partial charge in [0.05, 0.1) is 18.8 Å². The van der Waals surface area contributed by atoms with Crippen LogP contribution in [0, 0.1) is 0 Å². The second kappa shape index (κ2) is 6.34. The molecule has 1 aromatic rings. The third kappa shape index (κ3) is 4.14. The third-order valence-electron chi connectivity index (χ3n) is 2.02. The molecule has 1 rings (SSSR count). The number of ether oxygens (including phenoxy) is 1. The highest BCUT2D eigenvalue weighted by Crippen LogP contribution is 2.17. The Kier molecular flexibility index (Phi) is 5.09. The van der Waals surface area contributed by atoms with Crippen LogP contribution in [0.4, 0.5) is 0 Å². The molecular weight excluding hydrogens is 240 g/mol. The van der Waals surface area contributed by atoms with Crippen molar-refractivity contribution in [2.75, 3.05) is 6.61 Å². The molecule has 94 valence electrons. The van der Waals surface area contributed by atoms with Gasteiger partial charge in [-0.25, -0.2) is 9.78 Å². The zero-order valence-corrected chi connectivity index (χ0v) is 11.0. The van der Waals surface area contributed by atoms with Gasteiger partial charge in [0, 0.05) is 5.38 Å². The highest BCUT2D eigenvalue weighted by molar-refractivity contribution is 7.09. The molecule has 0 unspecified atom stereocenters. The van der Waals surface area contributed by atoms with E-state index in [0.717, 1.165) is 10.7 Å². The van der Waals surface area contributed by atoms with Crippen LogP contribution in [-0.2, 0) is 20.9 Å². The molecule has 0 aliphatic carbocycles. The standard InChI is InChI=1S/C11H16N2O3S/c1-4-16-11(15)10(14)12-5-9-13-8(6-17-9)7(2)3/h6-7H,4-5H2,1-3H3,(H,12,14). The first-order valence-corrected chi connectivity index (χ1v) is 6.31. The summed E-state index contributed by atoms with van der Waals surface area (Å²) in [5.41, 5.74) is 0.996. The number of rotatable bonds is 4.